The van der Waals surface area contributed by atoms with Crippen LogP contribution in [0.4, 0.5) is 23.8 Å². The normalized spacial score (nSPS) is 22.4. The van der Waals surface area contributed by atoms with Crippen molar-refractivity contribution in [2.45, 2.75) is 24.6 Å². The number of carbonyl (C=O) groups excluding carboxylic acids is 3. The predicted octanol–water partition coefficient (Wildman–Crippen LogP) is 2.14. The highest BCUT2D eigenvalue weighted by Gasteiger charge is 2.55. The number of anilines is 1. The Labute approximate surface area is 193 Å². The molecule has 2 fully saturated rings. The van der Waals surface area contributed by atoms with Crippen molar-refractivity contribution in [3.8, 4) is 0 Å². The Kier molecular flexibility index (Phi) is 5.22. The minimum atomic E-state index is -4.45. The predicted molar refractivity (Wildman–Crippen MR) is 115 cm³/mol. The lowest BCUT2D eigenvalue weighted by Gasteiger charge is -2.36. The zero-order valence-electron chi connectivity index (χ0n) is 18.1. The van der Waals surface area contributed by atoms with Gasteiger partial charge in [-0.2, -0.15) is 13.2 Å². The van der Waals surface area contributed by atoms with Crippen LogP contribution in [0.15, 0.2) is 42.6 Å². The molecule has 34 heavy (non-hydrogen) atoms. The molecular weight excluding hydrogens is 451 g/mol. The molecule has 0 saturated carbocycles. The fraction of sp³-hybridized carbons (Fsp3) is 0.391. The first kappa shape index (κ1) is 22.2. The number of rotatable bonds is 3. The summed E-state index contributed by atoms with van der Waals surface area (Å²) in [5.74, 6) is -0.369. The molecule has 3 heterocycles. The SMILES string of the molecule is O=C(CN1C(=O)NC2(CCc3ccccc32)C1=O)N1CCN(c2ccc(C(F)(F)F)cn2)CC1. The van der Waals surface area contributed by atoms with E-state index in [0.717, 1.165) is 28.3 Å². The molecule has 178 valence electrons. The van der Waals surface area contributed by atoms with Crippen LogP contribution in [0.1, 0.15) is 23.1 Å². The van der Waals surface area contributed by atoms with Crippen LogP contribution in [0.5, 0.6) is 0 Å². The van der Waals surface area contributed by atoms with Gasteiger partial charge in [-0.3, -0.25) is 14.5 Å². The number of nitrogens with zero attached hydrogens (tertiary/aromatic N) is 4. The van der Waals surface area contributed by atoms with Gasteiger partial charge in [-0.25, -0.2) is 9.78 Å². The lowest BCUT2D eigenvalue weighted by molar-refractivity contribution is -0.139. The highest BCUT2D eigenvalue weighted by molar-refractivity contribution is 6.09. The average molecular weight is 473 g/mol. The number of aromatic nitrogens is 1. The van der Waals surface area contributed by atoms with Gasteiger partial charge in [0.05, 0.1) is 5.56 Å². The van der Waals surface area contributed by atoms with Gasteiger partial charge >= 0.3 is 12.2 Å². The third-order valence-electron chi connectivity index (χ3n) is 6.75. The summed E-state index contributed by atoms with van der Waals surface area (Å²) in [5, 5.41) is 2.81. The molecule has 1 aromatic carbocycles. The number of alkyl halides is 3. The van der Waals surface area contributed by atoms with E-state index >= 15 is 0 Å². The van der Waals surface area contributed by atoms with Gasteiger partial charge in [0.25, 0.3) is 5.91 Å². The van der Waals surface area contributed by atoms with Crippen molar-refractivity contribution < 1.29 is 27.6 Å². The van der Waals surface area contributed by atoms with Gasteiger partial charge < -0.3 is 15.1 Å². The topological polar surface area (TPSA) is 85.8 Å². The number of carbonyl (C=O) groups is 3. The van der Waals surface area contributed by atoms with Gasteiger partial charge in [0.2, 0.25) is 5.91 Å². The quantitative estimate of drug-likeness (QED) is 0.691. The molecule has 2 saturated heterocycles. The zero-order valence-corrected chi connectivity index (χ0v) is 18.1. The highest BCUT2D eigenvalue weighted by Crippen LogP contribution is 2.41. The fourth-order valence-electron chi connectivity index (χ4n) is 4.89. The summed E-state index contributed by atoms with van der Waals surface area (Å²) in [6.07, 6.45) is -2.53. The first-order chi connectivity index (χ1) is 16.2. The van der Waals surface area contributed by atoms with E-state index in [0.29, 0.717) is 44.8 Å². The Balaban J connectivity index is 1.21. The number of hydrogen-bond donors (Lipinski definition) is 1. The van der Waals surface area contributed by atoms with Crippen LogP contribution >= 0.6 is 0 Å². The number of amides is 4. The van der Waals surface area contributed by atoms with Crippen LogP contribution in [0.2, 0.25) is 0 Å². The molecule has 11 heteroatoms. The number of benzene rings is 1. The van der Waals surface area contributed by atoms with E-state index in [2.05, 4.69) is 10.3 Å². The fourth-order valence-corrected chi connectivity index (χ4v) is 4.89. The van der Waals surface area contributed by atoms with Crippen LogP contribution in [-0.2, 0) is 27.7 Å². The Morgan fingerprint density at radius 1 is 1.06 bits per heavy atom. The Morgan fingerprint density at radius 2 is 1.79 bits per heavy atom. The molecule has 1 atom stereocenters. The number of aryl methyl sites for hydroxylation is 1. The monoisotopic (exact) mass is 473 g/mol. The number of hydrogen-bond acceptors (Lipinski definition) is 5. The molecule has 4 amide bonds. The minimum absolute atomic E-state index is 0.305. The number of piperazine rings is 1. The molecule has 0 bridgehead atoms. The van der Waals surface area contributed by atoms with Crippen molar-refractivity contribution in [3.63, 3.8) is 0 Å². The molecule has 1 unspecified atom stereocenters. The summed E-state index contributed by atoms with van der Waals surface area (Å²) in [5.41, 5.74) is -0.138. The van der Waals surface area contributed by atoms with Crippen molar-refractivity contribution in [1.82, 2.24) is 20.1 Å². The van der Waals surface area contributed by atoms with Gasteiger partial charge in [0.1, 0.15) is 17.9 Å². The van der Waals surface area contributed by atoms with Gasteiger partial charge in [-0.15, -0.1) is 0 Å². The van der Waals surface area contributed by atoms with Crippen molar-refractivity contribution in [1.29, 1.82) is 0 Å². The second-order valence-corrected chi connectivity index (χ2v) is 8.65. The summed E-state index contributed by atoms with van der Waals surface area (Å²) in [6, 6.07) is 9.19. The summed E-state index contributed by atoms with van der Waals surface area (Å²) >= 11 is 0. The molecular formula is C23H22F3N5O3. The average Bonchev–Trinajstić information content (AvgIpc) is 3.31. The van der Waals surface area contributed by atoms with Crippen molar-refractivity contribution in [3.05, 3.63) is 59.3 Å². The maximum atomic E-state index is 13.2. The lowest BCUT2D eigenvalue weighted by Crippen LogP contribution is -2.52. The minimum Gasteiger partial charge on any atom is -0.353 e. The summed E-state index contributed by atoms with van der Waals surface area (Å²) in [6.45, 7) is 1.01. The Morgan fingerprint density at radius 3 is 2.47 bits per heavy atom. The molecule has 5 rings (SSSR count). The van der Waals surface area contributed by atoms with Gasteiger partial charge in [-0.1, -0.05) is 24.3 Å². The number of halogens is 3. The molecule has 1 aliphatic carbocycles. The number of nitrogens with one attached hydrogen (secondary N) is 1. The molecule has 0 radical (unpaired) electrons. The third kappa shape index (κ3) is 3.64. The van der Waals surface area contributed by atoms with E-state index in [1.807, 2.05) is 24.3 Å². The van der Waals surface area contributed by atoms with E-state index in [-0.39, 0.29) is 12.5 Å². The van der Waals surface area contributed by atoms with Gasteiger partial charge in [-0.05, 0) is 36.1 Å². The Bertz CT molecular complexity index is 1150. The molecule has 1 N–H and O–H groups in total. The summed E-state index contributed by atoms with van der Waals surface area (Å²) in [4.78, 5) is 47.0. The first-order valence-electron chi connectivity index (χ1n) is 11.0. The summed E-state index contributed by atoms with van der Waals surface area (Å²) in [7, 11) is 0. The highest BCUT2D eigenvalue weighted by atomic mass is 19.4. The van der Waals surface area contributed by atoms with E-state index in [4.69, 9.17) is 0 Å². The van der Waals surface area contributed by atoms with E-state index in [1.54, 1.807) is 9.80 Å². The van der Waals surface area contributed by atoms with Crippen LogP contribution in [0, 0.1) is 0 Å². The molecule has 2 aliphatic heterocycles. The standard InChI is InChI=1S/C23H22F3N5O3/c24-23(25,26)16-5-6-18(27-13-16)29-9-11-30(12-10-29)19(32)14-31-20(33)22(28-21(31)34)8-7-15-3-1-2-4-17(15)22/h1-6,13H,7-12,14H2,(H,28,34). The molecule has 2 aromatic rings. The largest absolute Gasteiger partial charge is 0.417 e. The third-order valence-corrected chi connectivity index (χ3v) is 6.75. The summed E-state index contributed by atoms with van der Waals surface area (Å²) < 4.78 is 38.2. The van der Waals surface area contributed by atoms with Crippen molar-refractivity contribution in [2.75, 3.05) is 37.6 Å². The van der Waals surface area contributed by atoms with Crippen LogP contribution in [-0.4, -0.2) is 65.4 Å². The molecule has 3 aliphatic rings. The van der Waals surface area contributed by atoms with E-state index < -0.39 is 29.2 Å². The molecule has 8 nitrogen and oxygen atoms in total. The first-order valence-corrected chi connectivity index (χ1v) is 11.0. The lowest BCUT2D eigenvalue weighted by atomic mass is 9.92. The van der Waals surface area contributed by atoms with Crippen LogP contribution in [0.25, 0.3) is 0 Å². The number of urea groups is 1. The second kappa shape index (κ2) is 8.00. The van der Waals surface area contributed by atoms with E-state index in [9.17, 15) is 27.6 Å². The van der Waals surface area contributed by atoms with Crippen molar-refractivity contribution >= 4 is 23.7 Å². The van der Waals surface area contributed by atoms with Crippen molar-refractivity contribution in [2.24, 2.45) is 0 Å². The molecule has 1 aromatic heterocycles. The second-order valence-electron chi connectivity index (χ2n) is 8.65. The van der Waals surface area contributed by atoms with Gasteiger partial charge in [0.15, 0.2) is 0 Å². The smallest absolute Gasteiger partial charge is 0.353 e. The number of fused-ring (bicyclic) bond motifs is 2. The molecule has 1 spiro atoms. The van der Waals surface area contributed by atoms with E-state index in [1.165, 1.54) is 6.07 Å². The number of pyridine rings is 1. The van der Waals surface area contributed by atoms with Crippen LogP contribution < -0.4 is 10.2 Å². The maximum absolute atomic E-state index is 13.2. The number of imide groups is 1. The van der Waals surface area contributed by atoms with Crippen LogP contribution in [0.3, 0.4) is 0 Å². The zero-order chi connectivity index (χ0) is 24.1. The Hall–Kier alpha value is -3.63. The van der Waals surface area contributed by atoms with Gasteiger partial charge in [0, 0.05) is 32.4 Å². The maximum Gasteiger partial charge on any atom is 0.417 e.